The molecule has 0 heterocycles. The van der Waals surface area contributed by atoms with Gasteiger partial charge in [-0.3, -0.25) is 0 Å². The van der Waals surface area contributed by atoms with Gasteiger partial charge in [0.1, 0.15) is 11.9 Å². The molecule has 0 bridgehead atoms. The number of hydrogen-bond donors (Lipinski definition) is 1. The maximum atomic E-state index is 13.9. The van der Waals surface area contributed by atoms with Gasteiger partial charge in [0.25, 0.3) is 0 Å². The highest BCUT2D eigenvalue weighted by molar-refractivity contribution is 9.10. The molecule has 2 rings (SSSR count). The van der Waals surface area contributed by atoms with E-state index in [0.717, 1.165) is 30.2 Å². The molecular formula is C14H19BrFNO. The Balaban J connectivity index is 2.39. The van der Waals surface area contributed by atoms with Gasteiger partial charge in [-0.05, 0) is 45.1 Å². The Morgan fingerprint density at radius 2 is 1.94 bits per heavy atom. The molecule has 100 valence electrons. The van der Waals surface area contributed by atoms with Gasteiger partial charge in [0, 0.05) is 10.0 Å². The summed E-state index contributed by atoms with van der Waals surface area (Å²) in [4.78, 5) is 2.05. The predicted octanol–water partition coefficient (Wildman–Crippen LogP) is 3.50. The second kappa shape index (κ2) is 5.27. The summed E-state index contributed by atoms with van der Waals surface area (Å²) in [5.41, 5.74) is 0.0572. The van der Waals surface area contributed by atoms with E-state index in [1.165, 1.54) is 6.07 Å². The zero-order valence-electron chi connectivity index (χ0n) is 10.8. The van der Waals surface area contributed by atoms with Crippen molar-refractivity contribution in [2.24, 2.45) is 0 Å². The summed E-state index contributed by atoms with van der Waals surface area (Å²) in [5.74, 6) is -0.334. The molecule has 2 nitrogen and oxygen atoms in total. The normalized spacial score (nSPS) is 20.3. The molecule has 1 unspecified atom stereocenters. The van der Waals surface area contributed by atoms with Crippen LogP contribution >= 0.6 is 15.9 Å². The predicted molar refractivity (Wildman–Crippen MR) is 73.9 cm³/mol. The van der Waals surface area contributed by atoms with Gasteiger partial charge < -0.3 is 10.0 Å². The molecule has 1 saturated carbocycles. The van der Waals surface area contributed by atoms with Gasteiger partial charge >= 0.3 is 0 Å². The van der Waals surface area contributed by atoms with Crippen LogP contribution in [0.15, 0.2) is 22.7 Å². The smallest absolute Gasteiger partial charge is 0.129 e. The Morgan fingerprint density at radius 3 is 2.50 bits per heavy atom. The van der Waals surface area contributed by atoms with Gasteiger partial charge in [0.05, 0.1) is 5.54 Å². The van der Waals surface area contributed by atoms with E-state index in [1.54, 1.807) is 12.1 Å². The molecule has 1 atom stereocenters. The van der Waals surface area contributed by atoms with Gasteiger partial charge in [-0.25, -0.2) is 4.39 Å². The van der Waals surface area contributed by atoms with Gasteiger partial charge in [-0.2, -0.15) is 0 Å². The molecule has 4 heteroatoms. The van der Waals surface area contributed by atoms with Crippen molar-refractivity contribution in [3.63, 3.8) is 0 Å². The van der Waals surface area contributed by atoms with Crippen LogP contribution in [-0.4, -0.2) is 29.6 Å². The topological polar surface area (TPSA) is 23.5 Å². The standard InChI is InChI=1S/C14H19BrFNO/c1-17(2)14(7-3-4-8-14)13(18)11-9-10(15)5-6-12(11)16/h5-6,9,13,18H,3-4,7-8H2,1-2H3. The summed E-state index contributed by atoms with van der Waals surface area (Å²) in [6.45, 7) is 0. The number of halogens is 2. The zero-order valence-corrected chi connectivity index (χ0v) is 12.4. The van der Waals surface area contributed by atoms with Gasteiger partial charge in [-0.1, -0.05) is 28.8 Å². The largest absolute Gasteiger partial charge is 0.386 e. The highest BCUT2D eigenvalue weighted by Crippen LogP contribution is 2.44. The van der Waals surface area contributed by atoms with Crippen molar-refractivity contribution < 1.29 is 9.50 Å². The number of nitrogens with zero attached hydrogens (tertiary/aromatic N) is 1. The van der Waals surface area contributed by atoms with Crippen LogP contribution in [-0.2, 0) is 0 Å². The van der Waals surface area contributed by atoms with Crippen molar-refractivity contribution in [3.05, 3.63) is 34.1 Å². The first kappa shape index (κ1) is 14.0. The first-order valence-corrected chi connectivity index (χ1v) is 7.07. The van der Waals surface area contributed by atoms with Crippen LogP contribution in [0.4, 0.5) is 4.39 Å². The van der Waals surface area contributed by atoms with Crippen LogP contribution in [0.2, 0.25) is 0 Å². The molecule has 1 fully saturated rings. The molecule has 0 spiro atoms. The summed E-state index contributed by atoms with van der Waals surface area (Å²) < 4.78 is 14.7. The van der Waals surface area contributed by atoms with E-state index >= 15 is 0 Å². The molecule has 1 aromatic rings. The average molecular weight is 316 g/mol. The molecule has 1 aliphatic carbocycles. The lowest BCUT2D eigenvalue weighted by Gasteiger charge is -2.40. The fraction of sp³-hybridized carbons (Fsp3) is 0.571. The third kappa shape index (κ3) is 2.33. The Kier molecular flexibility index (Phi) is 4.09. The van der Waals surface area contributed by atoms with E-state index in [9.17, 15) is 9.50 Å². The third-order valence-corrected chi connectivity index (χ3v) is 4.61. The van der Waals surface area contributed by atoms with Crippen molar-refractivity contribution in [1.29, 1.82) is 0 Å². The summed E-state index contributed by atoms with van der Waals surface area (Å²) in [7, 11) is 3.93. The minimum atomic E-state index is -0.785. The van der Waals surface area contributed by atoms with Crippen molar-refractivity contribution in [2.45, 2.75) is 37.3 Å². The Morgan fingerprint density at radius 1 is 1.33 bits per heavy atom. The number of rotatable bonds is 3. The van der Waals surface area contributed by atoms with Crippen molar-refractivity contribution in [1.82, 2.24) is 4.90 Å². The zero-order chi connectivity index (χ0) is 13.3. The lowest BCUT2D eigenvalue weighted by Crippen LogP contribution is -2.47. The van der Waals surface area contributed by atoms with Gasteiger partial charge in [0.15, 0.2) is 0 Å². The van der Waals surface area contributed by atoms with Crippen LogP contribution < -0.4 is 0 Å². The monoisotopic (exact) mass is 315 g/mol. The minimum Gasteiger partial charge on any atom is -0.386 e. The van der Waals surface area contributed by atoms with Crippen LogP contribution in [0.1, 0.15) is 37.4 Å². The number of benzene rings is 1. The van der Waals surface area contributed by atoms with Gasteiger partial charge in [-0.15, -0.1) is 0 Å². The number of hydrogen-bond acceptors (Lipinski definition) is 2. The Bertz CT molecular complexity index is 430. The fourth-order valence-corrected chi connectivity index (χ4v) is 3.34. The summed E-state index contributed by atoms with van der Waals surface area (Å²) in [5, 5.41) is 10.6. The highest BCUT2D eigenvalue weighted by Gasteiger charge is 2.44. The van der Waals surface area contributed by atoms with E-state index in [2.05, 4.69) is 15.9 Å². The Hall–Kier alpha value is -0.450. The van der Waals surface area contributed by atoms with E-state index in [0.29, 0.717) is 5.56 Å². The molecule has 1 aliphatic rings. The second-order valence-corrected chi connectivity index (χ2v) is 6.19. The van der Waals surface area contributed by atoms with Crippen LogP contribution in [0.25, 0.3) is 0 Å². The summed E-state index contributed by atoms with van der Waals surface area (Å²) >= 11 is 3.34. The van der Waals surface area contributed by atoms with Gasteiger partial charge in [0.2, 0.25) is 0 Å². The molecule has 0 aromatic heterocycles. The fourth-order valence-electron chi connectivity index (χ4n) is 2.97. The summed E-state index contributed by atoms with van der Waals surface area (Å²) in [6, 6.07) is 4.74. The Labute approximate surface area is 116 Å². The molecule has 0 amide bonds. The molecule has 0 saturated heterocycles. The first-order chi connectivity index (χ1) is 8.47. The lowest BCUT2D eigenvalue weighted by atomic mass is 9.84. The quantitative estimate of drug-likeness (QED) is 0.923. The number of aliphatic hydroxyl groups is 1. The van der Waals surface area contributed by atoms with Crippen LogP contribution in [0.3, 0.4) is 0 Å². The minimum absolute atomic E-state index is 0.332. The first-order valence-electron chi connectivity index (χ1n) is 6.28. The van der Waals surface area contributed by atoms with E-state index < -0.39 is 6.10 Å². The summed E-state index contributed by atoms with van der Waals surface area (Å²) in [6.07, 6.45) is 3.21. The van der Waals surface area contributed by atoms with Crippen LogP contribution in [0, 0.1) is 5.82 Å². The maximum Gasteiger partial charge on any atom is 0.129 e. The molecular weight excluding hydrogens is 297 g/mol. The second-order valence-electron chi connectivity index (χ2n) is 5.27. The van der Waals surface area contributed by atoms with Crippen molar-refractivity contribution >= 4 is 15.9 Å². The molecule has 18 heavy (non-hydrogen) atoms. The van der Waals surface area contributed by atoms with E-state index in [-0.39, 0.29) is 11.4 Å². The average Bonchev–Trinajstić information content (AvgIpc) is 2.82. The highest BCUT2D eigenvalue weighted by atomic mass is 79.9. The van der Waals surface area contributed by atoms with Crippen LogP contribution in [0.5, 0.6) is 0 Å². The molecule has 1 N–H and O–H groups in total. The van der Waals surface area contributed by atoms with Crippen molar-refractivity contribution in [2.75, 3.05) is 14.1 Å². The van der Waals surface area contributed by atoms with E-state index in [4.69, 9.17) is 0 Å². The number of aliphatic hydroxyl groups excluding tert-OH is 1. The molecule has 1 aromatic carbocycles. The third-order valence-electron chi connectivity index (χ3n) is 4.12. The lowest BCUT2D eigenvalue weighted by molar-refractivity contribution is -0.00676. The molecule has 0 aliphatic heterocycles. The number of likely N-dealkylation sites (N-methyl/N-ethyl adjacent to an activating group) is 1. The SMILES string of the molecule is CN(C)C1(C(O)c2cc(Br)ccc2F)CCCC1. The maximum absolute atomic E-state index is 13.9. The van der Waals surface area contributed by atoms with Crippen molar-refractivity contribution in [3.8, 4) is 0 Å². The molecule has 0 radical (unpaired) electrons. The van der Waals surface area contributed by atoms with E-state index in [1.807, 2.05) is 19.0 Å².